The van der Waals surface area contributed by atoms with Crippen LogP contribution in [0.25, 0.3) is 11.3 Å². The molecule has 1 aliphatic heterocycles. The van der Waals surface area contributed by atoms with Crippen molar-refractivity contribution in [3.63, 3.8) is 0 Å². The zero-order valence-corrected chi connectivity index (χ0v) is 18.1. The fourth-order valence-corrected chi connectivity index (χ4v) is 3.61. The Morgan fingerprint density at radius 3 is 2.65 bits per heavy atom. The normalized spacial score (nSPS) is 15.8. The lowest BCUT2D eigenvalue weighted by atomic mass is 10.1. The minimum atomic E-state index is -0.408. The van der Waals surface area contributed by atoms with Crippen LogP contribution in [0.5, 0.6) is 0 Å². The Morgan fingerprint density at radius 1 is 1.19 bits per heavy atom. The van der Waals surface area contributed by atoms with Crippen molar-refractivity contribution in [3.05, 3.63) is 59.5 Å². The van der Waals surface area contributed by atoms with E-state index in [4.69, 9.17) is 14.2 Å². The first-order valence-corrected chi connectivity index (χ1v) is 10.4. The number of aromatic nitrogens is 3. The molecule has 3 aromatic rings. The van der Waals surface area contributed by atoms with Gasteiger partial charge in [0.1, 0.15) is 6.10 Å². The van der Waals surface area contributed by atoms with E-state index in [0.717, 1.165) is 29.7 Å². The summed E-state index contributed by atoms with van der Waals surface area (Å²) in [7, 11) is 3.77. The highest BCUT2D eigenvalue weighted by Gasteiger charge is 2.29. The smallest absolute Gasteiger partial charge is 0.252 e. The highest BCUT2D eigenvalue weighted by molar-refractivity contribution is 5.81. The molecule has 2 aromatic heterocycles. The molecule has 31 heavy (non-hydrogen) atoms. The minimum absolute atomic E-state index is 0.0222. The maximum atomic E-state index is 13.3. The van der Waals surface area contributed by atoms with Crippen molar-refractivity contribution in [2.24, 2.45) is 0 Å². The number of aryl methyl sites for hydroxylation is 1. The quantitative estimate of drug-likeness (QED) is 0.579. The second kappa shape index (κ2) is 9.26. The highest BCUT2D eigenvalue weighted by atomic mass is 16.5. The number of hydrogen-bond donors (Lipinski definition) is 0. The first-order chi connectivity index (χ1) is 15.0. The van der Waals surface area contributed by atoms with Gasteiger partial charge < -0.3 is 19.1 Å². The van der Waals surface area contributed by atoms with Gasteiger partial charge in [-0.05, 0) is 25.3 Å². The van der Waals surface area contributed by atoms with Crippen LogP contribution in [-0.2, 0) is 22.6 Å². The third-order valence-corrected chi connectivity index (χ3v) is 5.22. The average molecular weight is 422 g/mol. The highest BCUT2D eigenvalue weighted by Crippen LogP contribution is 2.27. The molecular formula is C23H27N5O3. The molecule has 3 heterocycles. The lowest BCUT2D eigenvalue weighted by Crippen LogP contribution is -2.38. The molecule has 0 spiro atoms. The number of nitrogens with zero attached hydrogens (tertiary/aromatic N) is 5. The Balaban J connectivity index is 1.70. The van der Waals surface area contributed by atoms with Crippen LogP contribution >= 0.6 is 0 Å². The van der Waals surface area contributed by atoms with Crippen LogP contribution < -0.4 is 4.90 Å². The Kier molecular flexibility index (Phi) is 6.27. The third-order valence-electron chi connectivity index (χ3n) is 5.22. The maximum Gasteiger partial charge on any atom is 0.252 e. The van der Waals surface area contributed by atoms with Gasteiger partial charge in [0, 0.05) is 39.5 Å². The Hall–Kier alpha value is -3.26. The Bertz CT molecular complexity index is 1030. The number of carbonyl (C=O) groups is 1. The molecule has 1 fully saturated rings. The van der Waals surface area contributed by atoms with Crippen molar-refractivity contribution in [3.8, 4) is 11.3 Å². The molecule has 162 valence electrons. The van der Waals surface area contributed by atoms with Crippen molar-refractivity contribution in [1.29, 1.82) is 0 Å². The summed E-state index contributed by atoms with van der Waals surface area (Å²) >= 11 is 0. The van der Waals surface area contributed by atoms with Gasteiger partial charge in [0.25, 0.3) is 5.91 Å². The first-order valence-electron chi connectivity index (χ1n) is 10.4. The monoisotopic (exact) mass is 421 g/mol. The predicted octanol–water partition coefficient (Wildman–Crippen LogP) is 3.21. The van der Waals surface area contributed by atoms with Crippen LogP contribution in [0.4, 0.5) is 5.95 Å². The second-order valence-corrected chi connectivity index (χ2v) is 7.94. The molecule has 0 N–H and O–H groups in total. The largest absolute Gasteiger partial charge is 0.368 e. The maximum absolute atomic E-state index is 13.3. The topological polar surface area (TPSA) is 84.6 Å². The van der Waals surface area contributed by atoms with Crippen molar-refractivity contribution in [2.75, 3.05) is 25.6 Å². The third kappa shape index (κ3) is 4.91. The van der Waals surface area contributed by atoms with E-state index >= 15 is 0 Å². The van der Waals surface area contributed by atoms with Crippen LogP contribution in [0.15, 0.2) is 47.1 Å². The van der Waals surface area contributed by atoms with E-state index in [1.807, 2.05) is 62.3 Å². The van der Waals surface area contributed by atoms with Gasteiger partial charge in [-0.15, -0.1) is 0 Å². The Labute approximate surface area is 181 Å². The summed E-state index contributed by atoms with van der Waals surface area (Å²) in [6.45, 7) is 3.27. The SMILES string of the molecule is Cc1cc(-c2cnc(N(C)C)nc2CN(Cc2ccccc2)C(=O)[C@H]2CCCO2)on1. The molecule has 0 unspecified atom stereocenters. The van der Waals surface area contributed by atoms with E-state index in [2.05, 4.69) is 10.1 Å². The summed E-state index contributed by atoms with van der Waals surface area (Å²) in [4.78, 5) is 26.2. The molecule has 8 nitrogen and oxygen atoms in total. The lowest BCUT2D eigenvalue weighted by Gasteiger charge is -2.26. The zero-order chi connectivity index (χ0) is 21.8. The van der Waals surface area contributed by atoms with Gasteiger partial charge in [0.15, 0.2) is 5.76 Å². The molecular weight excluding hydrogens is 394 g/mol. The Morgan fingerprint density at radius 2 is 2.00 bits per heavy atom. The molecule has 8 heteroatoms. The van der Waals surface area contributed by atoms with Crippen LogP contribution in [0, 0.1) is 6.92 Å². The van der Waals surface area contributed by atoms with Gasteiger partial charge in [0.05, 0.1) is 23.5 Å². The number of anilines is 1. The van der Waals surface area contributed by atoms with E-state index in [1.54, 1.807) is 11.1 Å². The molecule has 1 saturated heterocycles. The van der Waals surface area contributed by atoms with E-state index in [1.165, 1.54) is 0 Å². The molecule has 0 radical (unpaired) electrons. The minimum Gasteiger partial charge on any atom is -0.368 e. The van der Waals surface area contributed by atoms with Crippen molar-refractivity contribution >= 4 is 11.9 Å². The van der Waals surface area contributed by atoms with E-state index in [-0.39, 0.29) is 5.91 Å². The number of rotatable bonds is 7. The van der Waals surface area contributed by atoms with Gasteiger partial charge in [-0.2, -0.15) is 0 Å². The summed E-state index contributed by atoms with van der Waals surface area (Å²) in [5.74, 6) is 1.13. The van der Waals surface area contributed by atoms with E-state index in [9.17, 15) is 4.79 Å². The summed E-state index contributed by atoms with van der Waals surface area (Å²) in [5.41, 5.74) is 3.25. The standard InChI is InChI=1S/C23H27N5O3/c1-16-12-21(31-26-16)18-13-24-23(27(2)3)25-19(18)15-28(14-17-8-5-4-6-9-17)22(29)20-10-7-11-30-20/h4-6,8-9,12-13,20H,7,10-11,14-15H2,1-3H3/t20-/m1/s1. The van der Waals surface area contributed by atoms with Crippen LogP contribution in [0.1, 0.15) is 29.8 Å². The molecule has 1 aromatic carbocycles. The summed E-state index contributed by atoms with van der Waals surface area (Å²) in [6.07, 6.45) is 2.96. The average Bonchev–Trinajstić information content (AvgIpc) is 3.45. The predicted molar refractivity (Wildman–Crippen MR) is 116 cm³/mol. The van der Waals surface area contributed by atoms with Gasteiger partial charge in [-0.3, -0.25) is 4.79 Å². The molecule has 0 bridgehead atoms. The van der Waals surface area contributed by atoms with Gasteiger partial charge in [-0.1, -0.05) is 35.5 Å². The summed E-state index contributed by atoms with van der Waals surface area (Å²) in [5, 5.41) is 4.00. The van der Waals surface area contributed by atoms with Crippen LogP contribution in [0.3, 0.4) is 0 Å². The molecule has 1 atom stereocenters. The molecule has 0 aliphatic carbocycles. The number of hydrogen-bond acceptors (Lipinski definition) is 7. The number of benzene rings is 1. The fourth-order valence-electron chi connectivity index (χ4n) is 3.61. The van der Waals surface area contributed by atoms with Crippen LogP contribution in [0.2, 0.25) is 0 Å². The van der Waals surface area contributed by atoms with Gasteiger partial charge in [-0.25, -0.2) is 9.97 Å². The second-order valence-electron chi connectivity index (χ2n) is 7.94. The molecule has 1 aliphatic rings. The lowest BCUT2D eigenvalue weighted by molar-refractivity contribution is -0.142. The van der Waals surface area contributed by atoms with E-state index < -0.39 is 6.10 Å². The summed E-state index contributed by atoms with van der Waals surface area (Å²) < 4.78 is 11.2. The molecule has 1 amide bonds. The van der Waals surface area contributed by atoms with Crippen molar-refractivity contribution in [1.82, 2.24) is 20.0 Å². The molecule has 4 rings (SSSR count). The first kappa shape index (κ1) is 21.0. The van der Waals surface area contributed by atoms with Gasteiger partial charge in [0.2, 0.25) is 5.95 Å². The van der Waals surface area contributed by atoms with Crippen molar-refractivity contribution < 1.29 is 14.1 Å². The fraction of sp³-hybridized carbons (Fsp3) is 0.391. The number of carbonyl (C=O) groups excluding carboxylic acids is 1. The summed E-state index contributed by atoms with van der Waals surface area (Å²) in [6, 6.07) is 11.8. The van der Waals surface area contributed by atoms with Crippen molar-refractivity contribution in [2.45, 2.75) is 39.0 Å². The molecule has 0 saturated carbocycles. The zero-order valence-electron chi connectivity index (χ0n) is 18.1. The van der Waals surface area contributed by atoms with Crippen LogP contribution in [-0.4, -0.2) is 52.7 Å². The van der Waals surface area contributed by atoms with E-state index in [0.29, 0.717) is 37.1 Å². The number of ether oxygens (including phenoxy) is 1. The van der Waals surface area contributed by atoms with Gasteiger partial charge >= 0.3 is 0 Å². The number of amides is 1.